The fraction of sp³-hybridized carbons (Fsp3) is 0.608. The van der Waals surface area contributed by atoms with E-state index in [1.807, 2.05) is 55.4 Å². The molecule has 2 bridgehead atoms. The number of carbonyl (C=O) groups excluding carboxylic acids is 8. The number of benzene rings is 2. The van der Waals surface area contributed by atoms with Gasteiger partial charge in [0.05, 0.1) is 0 Å². The summed E-state index contributed by atoms with van der Waals surface area (Å²) in [5.74, 6) is -7.02. The van der Waals surface area contributed by atoms with Gasteiger partial charge < -0.3 is 38.5 Å². The van der Waals surface area contributed by atoms with Gasteiger partial charge in [0.15, 0.2) is 12.2 Å². The summed E-state index contributed by atoms with van der Waals surface area (Å²) in [5, 5.41) is 0. The van der Waals surface area contributed by atoms with Gasteiger partial charge in [0.1, 0.15) is 24.2 Å². The molecule has 0 aliphatic carbocycles. The zero-order chi connectivity index (χ0) is 49.9. The van der Waals surface area contributed by atoms with E-state index in [4.69, 9.17) is 18.9 Å². The number of cyclic esters (lactones) is 3. The lowest BCUT2D eigenvalue weighted by Crippen LogP contribution is -2.56. The van der Waals surface area contributed by atoms with Gasteiger partial charge in [0.25, 0.3) is 23.6 Å². The minimum absolute atomic E-state index is 0.104. The molecule has 0 radical (unpaired) electrons. The predicted octanol–water partition coefficient (Wildman–Crippen LogP) is 6.07. The topological polar surface area (TPSA) is 186 Å². The largest absolute Gasteiger partial charge is 0.451 e. The summed E-state index contributed by atoms with van der Waals surface area (Å²) < 4.78 is 24.0. The Bertz CT molecular complexity index is 2040. The van der Waals surface area contributed by atoms with E-state index in [9.17, 15) is 38.4 Å². The molecule has 67 heavy (non-hydrogen) atoms. The van der Waals surface area contributed by atoms with Gasteiger partial charge in [-0.2, -0.15) is 0 Å². The van der Waals surface area contributed by atoms with E-state index >= 15 is 0 Å². The molecule has 2 aliphatic rings. The molecule has 2 aromatic carbocycles. The summed E-state index contributed by atoms with van der Waals surface area (Å²) in [6, 6.07) is 11.6. The summed E-state index contributed by atoms with van der Waals surface area (Å²) in [7, 11) is 4.18. The number of rotatable bonds is 10. The molecule has 4 amide bonds. The molecule has 2 heterocycles. The Morgan fingerprint density at radius 3 is 1.21 bits per heavy atom. The second-order valence-electron chi connectivity index (χ2n) is 19.6. The normalized spacial score (nSPS) is 26.2. The number of esters is 4. The SMILES string of the molecule is CC(C)C[C@H]1C(=O)O[C@H](c2ccccc2)C(=O)N(C)[C@@H](CC(C)C)C(=O)OC2CCCN(C2=O)[C@@H](CC(C)C)C(=O)O[C@H](c2ccccc2)C(=O)N(C)[C@@H](CC(C)C)C(=O)O[C@H](C)C(=O)N1C. The molecule has 368 valence electrons. The van der Waals surface area contributed by atoms with E-state index in [2.05, 4.69) is 0 Å². The molecule has 4 rings (SSSR count). The first-order chi connectivity index (χ1) is 31.5. The van der Waals surface area contributed by atoms with Gasteiger partial charge in [-0.05, 0) is 69.1 Å². The third kappa shape index (κ3) is 14.1. The molecule has 8 atom stereocenters. The summed E-state index contributed by atoms with van der Waals surface area (Å²) in [4.78, 5) is 120. The monoisotopic (exact) mass is 933 g/mol. The van der Waals surface area contributed by atoms with Crippen molar-refractivity contribution >= 4 is 47.5 Å². The van der Waals surface area contributed by atoms with Crippen LogP contribution in [0.5, 0.6) is 0 Å². The smallest absolute Gasteiger partial charge is 0.329 e. The number of hydrogen-bond acceptors (Lipinski definition) is 12. The third-order valence-corrected chi connectivity index (χ3v) is 12.1. The first kappa shape index (κ1) is 53.8. The van der Waals surface area contributed by atoms with Crippen molar-refractivity contribution in [3.05, 3.63) is 71.8 Å². The first-order valence-electron chi connectivity index (χ1n) is 23.6. The molecular weight excluding hydrogens is 861 g/mol. The summed E-state index contributed by atoms with van der Waals surface area (Å²) in [6.45, 7) is 16.4. The van der Waals surface area contributed by atoms with Crippen molar-refractivity contribution in [3.63, 3.8) is 0 Å². The van der Waals surface area contributed by atoms with E-state index < -0.39 is 96.1 Å². The number of piperidine rings is 1. The van der Waals surface area contributed by atoms with E-state index in [1.54, 1.807) is 60.7 Å². The lowest BCUT2D eigenvalue weighted by atomic mass is 9.97. The Hall–Kier alpha value is -5.80. The van der Waals surface area contributed by atoms with Crippen LogP contribution in [0.2, 0.25) is 0 Å². The summed E-state index contributed by atoms with van der Waals surface area (Å²) >= 11 is 0. The molecule has 1 unspecified atom stereocenters. The summed E-state index contributed by atoms with van der Waals surface area (Å²) in [5.41, 5.74) is 0.611. The van der Waals surface area contributed by atoms with Gasteiger partial charge >= 0.3 is 23.9 Å². The fourth-order valence-electron chi connectivity index (χ4n) is 8.47. The zero-order valence-corrected chi connectivity index (χ0v) is 41.3. The van der Waals surface area contributed by atoms with Gasteiger partial charge in [-0.25, -0.2) is 19.2 Å². The highest BCUT2D eigenvalue weighted by atomic mass is 16.6. The van der Waals surface area contributed by atoms with Crippen LogP contribution in [-0.2, 0) is 57.3 Å². The van der Waals surface area contributed by atoms with Gasteiger partial charge in [-0.1, -0.05) is 116 Å². The molecule has 2 aromatic rings. The number of ether oxygens (including phenoxy) is 4. The van der Waals surface area contributed by atoms with E-state index in [0.717, 1.165) is 14.7 Å². The third-order valence-electron chi connectivity index (χ3n) is 12.1. The molecule has 2 fully saturated rings. The van der Waals surface area contributed by atoms with Crippen LogP contribution in [0.3, 0.4) is 0 Å². The second kappa shape index (κ2) is 24.3. The van der Waals surface area contributed by atoms with Crippen molar-refractivity contribution in [2.24, 2.45) is 23.7 Å². The van der Waals surface area contributed by atoms with Gasteiger partial charge in [0.2, 0.25) is 12.2 Å². The average molecular weight is 933 g/mol. The molecule has 2 aliphatic heterocycles. The highest BCUT2D eigenvalue weighted by Crippen LogP contribution is 2.30. The highest BCUT2D eigenvalue weighted by Gasteiger charge is 2.45. The van der Waals surface area contributed by atoms with Crippen LogP contribution >= 0.6 is 0 Å². The lowest BCUT2D eigenvalue weighted by Gasteiger charge is -2.39. The maximum atomic E-state index is 14.7. The van der Waals surface area contributed by atoms with E-state index in [1.165, 1.54) is 33.0 Å². The number of fused-ring (bicyclic) bond motifs is 2. The number of likely N-dealkylation sites (N-methyl/N-ethyl adjacent to an activating group) is 3. The van der Waals surface area contributed by atoms with Crippen LogP contribution < -0.4 is 0 Å². The molecule has 0 saturated carbocycles. The fourth-order valence-corrected chi connectivity index (χ4v) is 8.47. The van der Waals surface area contributed by atoms with Gasteiger partial charge in [-0.15, -0.1) is 0 Å². The molecule has 2 saturated heterocycles. The Labute approximate surface area is 395 Å². The van der Waals surface area contributed by atoms with Crippen molar-refractivity contribution in [1.29, 1.82) is 0 Å². The first-order valence-corrected chi connectivity index (χ1v) is 23.6. The van der Waals surface area contributed by atoms with Crippen molar-refractivity contribution in [2.45, 2.75) is 149 Å². The van der Waals surface area contributed by atoms with Crippen molar-refractivity contribution in [2.75, 3.05) is 27.7 Å². The minimum atomic E-state index is -1.57. The standard InChI is InChI=1S/C51H72N4O12/c1-30(2)26-37-48(60)64-34(9)44(56)52(10)39(28-32(5)6)50(62)66-42(35-20-15-13-16-21-35)46(58)54(12)38(27-31(3)4)49(61)65-41-24-19-25-55(45(41)57)40(29-33(7)8)51(63)67-43(47(59)53(37)11)36-22-17-14-18-23-36/h13-18,20-23,30-34,37-43H,19,24-29H2,1-12H3/t34-,37+,38+,39+,40+,41?,42-,43-/m1/s1. The second-order valence-corrected chi connectivity index (χ2v) is 19.6. The molecule has 16 nitrogen and oxygen atoms in total. The number of nitrogens with zero attached hydrogens (tertiary/aromatic N) is 4. The Morgan fingerprint density at radius 2 is 0.806 bits per heavy atom. The van der Waals surface area contributed by atoms with Crippen molar-refractivity contribution in [1.82, 2.24) is 19.6 Å². The van der Waals surface area contributed by atoms with Crippen LogP contribution in [-0.4, -0.2) is 131 Å². The maximum absolute atomic E-state index is 14.7. The van der Waals surface area contributed by atoms with Crippen LogP contribution in [0.15, 0.2) is 60.7 Å². The predicted molar refractivity (Wildman–Crippen MR) is 248 cm³/mol. The van der Waals surface area contributed by atoms with Gasteiger partial charge in [0, 0.05) is 38.8 Å². The van der Waals surface area contributed by atoms with Gasteiger partial charge in [-0.3, -0.25) is 19.2 Å². The Morgan fingerprint density at radius 1 is 0.463 bits per heavy atom. The highest BCUT2D eigenvalue weighted by molar-refractivity contribution is 5.95. The molecule has 0 spiro atoms. The van der Waals surface area contributed by atoms with Crippen LogP contribution in [0.1, 0.15) is 124 Å². The number of carbonyl (C=O) groups is 8. The van der Waals surface area contributed by atoms with Crippen molar-refractivity contribution < 1.29 is 57.3 Å². The average Bonchev–Trinajstić information content (AvgIpc) is 3.28. The molecule has 16 heteroatoms. The minimum Gasteiger partial charge on any atom is -0.451 e. The van der Waals surface area contributed by atoms with E-state index in [-0.39, 0.29) is 62.3 Å². The molecular formula is C51H72N4O12. The summed E-state index contributed by atoms with van der Waals surface area (Å²) in [6.07, 6.45) is -4.92. The van der Waals surface area contributed by atoms with Crippen LogP contribution in [0.25, 0.3) is 0 Å². The Balaban J connectivity index is 1.89. The zero-order valence-electron chi connectivity index (χ0n) is 41.3. The number of amides is 4. The molecule has 0 N–H and O–H groups in total. The lowest BCUT2D eigenvalue weighted by molar-refractivity contribution is -0.179. The maximum Gasteiger partial charge on any atom is 0.329 e. The number of hydrogen-bond donors (Lipinski definition) is 0. The Kier molecular flexibility index (Phi) is 19.5. The van der Waals surface area contributed by atoms with E-state index in [0.29, 0.717) is 17.5 Å². The van der Waals surface area contributed by atoms with Crippen LogP contribution in [0, 0.1) is 23.7 Å². The molecule has 0 aromatic heterocycles. The van der Waals surface area contributed by atoms with Crippen LogP contribution in [0.4, 0.5) is 0 Å². The quantitative estimate of drug-likeness (QED) is 0.198. The van der Waals surface area contributed by atoms with Crippen molar-refractivity contribution in [3.8, 4) is 0 Å².